The Hall–Kier alpha value is 0.310. The van der Waals surface area contributed by atoms with E-state index < -0.39 is 0 Å². The lowest BCUT2D eigenvalue weighted by atomic mass is 10.00. The van der Waals surface area contributed by atoms with Crippen molar-refractivity contribution >= 4 is 10.9 Å². The zero-order valence-electron chi connectivity index (χ0n) is 13.3. The molecule has 1 unspecified atom stereocenters. The quantitative estimate of drug-likeness (QED) is 0.370. The van der Waals surface area contributed by atoms with Crippen molar-refractivity contribution in [1.29, 1.82) is 0 Å². The van der Waals surface area contributed by atoms with Gasteiger partial charge in [0.25, 0.3) is 0 Å². The van der Waals surface area contributed by atoms with Crippen LogP contribution in [0, 0.1) is 5.92 Å². The molecule has 1 rings (SSSR count). The van der Waals surface area contributed by atoms with E-state index >= 15 is 0 Å². The Morgan fingerprint density at radius 2 is 1.68 bits per heavy atom. The molecule has 0 aromatic rings. The fourth-order valence-corrected chi connectivity index (χ4v) is 4.91. The number of unbranched alkanes of at least 4 members (excludes halogenated alkanes) is 4. The van der Waals surface area contributed by atoms with Crippen LogP contribution in [-0.4, -0.2) is 30.5 Å². The third-order valence-electron chi connectivity index (χ3n) is 4.19. The van der Waals surface area contributed by atoms with Gasteiger partial charge in [-0.1, -0.05) is 52.4 Å². The average molecular weight is 288 g/mol. The molecule has 114 valence electrons. The van der Waals surface area contributed by atoms with Gasteiger partial charge in [-0.05, 0) is 36.1 Å². The van der Waals surface area contributed by atoms with Crippen molar-refractivity contribution in [2.24, 2.45) is 5.92 Å². The summed E-state index contributed by atoms with van der Waals surface area (Å²) in [5.74, 6) is 5.16. The lowest BCUT2D eigenvalue weighted by molar-refractivity contribution is 0.134. The van der Waals surface area contributed by atoms with Gasteiger partial charge in [0.2, 0.25) is 0 Å². The van der Waals surface area contributed by atoms with Gasteiger partial charge in [0.1, 0.15) is 17.3 Å². The third kappa shape index (κ3) is 9.79. The molecule has 1 aliphatic rings. The summed E-state index contributed by atoms with van der Waals surface area (Å²) in [5.41, 5.74) is 0. The maximum Gasteiger partial charge on any atom is 0.131 e. The highest BCUT2D eigenvalue weighted by Crippen LogP contribution is 2.15. The number of rotatable bonds is 12. The SMILES string of the molecule is CCCCCCCC(C)CCOCC[S+]1CCCC1. The van der Waals surface area contributed by atoms with E-state index in [1.54, 1.807) is 0 Å². The second-order valence-electron chi connectivity index (χ2n) is 6.14. The number of hydrogen-bond donors (Lipinski definition) is 0. The lowest BCUT2D eigenvalue weighted by Gasteiger charge is -2.11. The Morgan fingerprint density at radius 1 is 0.947 bits per heavy atom. The summed E-state index contributed by atoms with van der Waals surface area (Å²) < 4.78 is 5.82. The topological polar surface area (TPSA) is 9.23 Å². The van der Waals surface area contributed by atoms with Crippen molar-refractivity contribution in [2.45, 2.75) is 71.6 Å². The first kappa shape index (κ1) is 17.4. The van der Waals surface area contributed by atoms with Crippen LogP contribution in [-0.2, 0) is 15.6 Å². The van der Waals surface area contributed by atoms with Gasteiger partial charge in [-0.3, -0.25) is 0 Å². The molecule has 0 radical (unpaired) electrons. The largest absolute Gasteiger partial charge is 0.377 e. The van der Waals surface area contributed by atoms with Crippen molar-refractivity contribution in [3.8, 4) is 0 Å². The Bertz CT molecular complexity index is 190. The van der Waals surface area contributed by atoms with Gasteiger partial charge in [0.05, 0.1) is 6.61 Å². The molecule has 1 nitrogen and oxygen atoms in total. The zero-order chi connectivity index (χ0) is 13.8. The molecule has 1 atom stereocenters. The van der Waals surface area contributed by atoms with Gasteiger partial charge < -0.3 is 4.74 Å². The molecule has 0 spiro atoms. The normalized spacial score (nSPS) is 18.0. The third-order valence-corrected chi connectivity index (χ3v) is 6.66. The van der Waals surface area contributed by atoms with Crippen LogP contribution in [0.4, 0.5) is 0 Å². The Balaban J connectivity index is 1.80. The summed E-state index contributed by atoms with van der Waals surface area (Å²) >= 11 is 0. The predicted molar refractivity (Wildman–Crippen MR) is 89.2 cm³/mol. The van der Waals surface area contributed by atoms with Crippen LogP contribution in [0.2, 0.25) is 0 Å². The van der Waals surface area contributed by atoms with Gasteiger partial charge >= 0.3 is 0 Å². The molecule has 0 aliphatic carbocycles. The highest BCUT2D eigenvalue weighted by molar-refractivity contribution is 7.97. The summed E-state index contributed by atoms with van der Waals surface area (Å²) in [6.45, 7) is 6.69. The molecular formula is C17H35OS+. The minimum Gasteiger partial charge on any atom is -0.377 e. The van der Waals surface area contributed by atoms with Crippen LogP contribution in [0.5, 0.6) is 0 Å². The molecule has 0 aromatic carbocycles. The fraction of sp³-hybridized carbons (Fsp3) is 1.00. The first-order valence-electron chi connectivity index (χ1n) is 8.54. The molecule has 0 saturated carbocycles. The molecule has 19 heavy (non-hydrogen) atoms. The minimum absolute atomic E-state index is 0.725. The molecular weight excluding hydrogens is 252 g/mol. The summed E-state index contributed by atoms with van der Waals surface area (Å²) in [7, 11) is 0.725. The van der Waals surface area contributed by atoms with E-state index in [1.807, 2.05) is 0 Å². The fourth-order valence-electron chi connectivity index (χ4n) is 2.72. The Labute approximate surface area is 124 Å². The van der Waals surface area contributed by atoms with Crippen LogP contribution in [0.3, 0.4) is 0 Å². The van der Waals surface area contributed by atoms with Crippen molar-refractivity contribution < 1.29 is 4.74 Å². The van der Waals surface area contributed by atoms with Gasteiger partial charge in [-0.25, -0.2) is 0 Å². The highest BCUT2D eigenvalue weighted by atomic mass is 32.2. The van der Waals surface area contributed by atoms with Crippen molar-refractivity contribution in [3.05, 3.63) is 0 Å². The molecule has 0 N–H and O–H groups in total. The van der Waals surface area contributed by atoms with Gasteiger partial charge in [-0.15, -0.1) is 0 Å². The van der Waals surface area contributed by atoms with Crippen molar-refractivity contribution in [2.75, 3.05) is 30.5 Å². The van der Waals surface area contributed by atoms with E-state index in [1.165, 1.54) is 75.0 Å². The zero-order valence-corrected chi connectivity index (χ0v) is 14.1. The Kier molecular flexibility index (Phi) is 11.0. The van der Waals surface area contributed by atoms with E-state index in [0.29, 0.717) is 0 Å². The average Bonchev–Trinajstić information content (AvgIpc) is 2.91. The molecule has 1 heterocycles. The first-order valence-corrected chi connectivity index (χ1v) is 10.3. The number of hydrogen-bond acceptors (Lipinski definition) is 1. The van der Waals surface area contributed by atoms with Crippen molar-refractivity contribution in [1.82, 2.24) is 0 Å². The molecule has 0 bridgehead atoms. The monoisotopic (exact) mass is 287 g/mol. The van der Waals surface area contributed by atoms with Gasteiger partial charge in [0.15, 0.2) is 0 Å². The summed E-state index contributed by atoms with van der Waals surface area (Å²) in [6.07, 6.45) is 12.7. The second-order valence-corrected chi connectivity index (χ2v) is 8.59. The van der Waals surface area contributed by atoms with Gasteiger partial charge in [0, 0.05) is 6.61 Å². The maximum atomic E-state index is 5.82. The van der Waals surface area contributed by atoms with Crippen LogP contribution in [0.15, 0.2) is 0 Å². The summed E-state index contributed by atoms with van der Waals surface area (Å²) in [5, 5.41) is 0. The van der Waals surface area contributed by atoms with E-state index in [9.17, 15) is 0 Å². The summed E-state index contributed by atoms with van der Waals surface area (Å²) in [4.78, 5) is 0. The van der Waals surface area contributed by atoms with Crippen LogP contribution < -0.4 is 0 Å². The molecule has 0 aromatic heterocycles. The van der Waals surface area contributed by atoms with Crippen molar-refractivity contribution in [3.63, 3.8) is 0 Å². The smallest absolute Gasteiger partial charge is 0.131 e. The van der Waals surface area contributed by atoms with E-state index in [0.717, 1.165) is 30.0 Å². The molecule has 0 amide bonds. The van der Waals surface area contributed by atoms with Crippen LogP contribution in [0.1, 0.15) is 71.6 Å². The Morgan fingerprint density at radius 3 is 2.42 bits per heavy atom. The van der Waals surface area contributed by atoms with E-state index in [-0.39, 0.29) is 0 Å². The predicted octanol–water partition coefficient (Wildman–Crippen LogP) is 4.80. The van der Waals surface area contributed by atoms with Crippen LogP contribution >= 0.6 is 0 Å². The highest BCUT2D eigenvalue weighted by Gasteiger charge is 2.22. The number of ether oxygens (including phenoxy) is 1. The lowest BCUT2D eigenvalue weighted by Crippen LogP contribution is -2.15. The standard InChI is InChI=1S/C17H35OS/c1-3-4-5-6-7-10-17(2)11-12-18-13-16-19-14-8-9-15-19/h17H,3-16H2,1-2H3/q+1. The van der Waals surface area contributed by atoms with E-state index in [4.69, 9.17) is 4.74 Å². The molecule has 1 saturated heterocycles. The molecule has 2 heteroatoms. The molecule has 1 fully saturated rings. The molecule has 1 aliphatic heterocycles. The van der Waals surface area contributed by atoms with Crippen LogP contribution in [0.25, 0.3) is 0 Å². The van der Waals surface area contributed by atoms with Gasteiger partial charge in [-0.2, -0.15) is 0 Å². The minimum atomic E-state index is 0.725. The second kappa shape index (κ2) is 12.1. The van der Waals surface area contributed by atoms with E-state index in [2.05, 4.69) is 13.8 Å². The summed E-state index contributed by atoms with van der Waals surface area (Å²) in [6, 6.07) is 0. The first-order chi connectivity index (χ1) is 9.33. The maximum absolute atomic E-state index is 5.82.